The van der Waals surface area contributed by atoms with E-state index in [1.165, 1.54) is 31.0 Å². The molecule has 2 heterocycles. The molecule has 1 aliphatic rings. The minimum Gasteiger partial charge on any atom is -0.339 e. The number of thioether (sulfide) groups is 1. The summed E-state index contributed by atoms with van der Waals surface area (Å²) in [6.45, 7) is 6.14. The molecule has 1 aliphatic carbocycles. The van der Waals surface area contributed by atoms with Crippen molar-refractivity contribution in [3.8, 4) is 0 Å². The second kappa shape index (κ2) is 6.51. The Labute approximate surface area is 140 Å². The van der Waals surface area contributed by atoms with Crippen LogP contribution in [-0.4, -0.2) is 25.0 Å². The Bertz CT molecular complexity index is 653. The van der Waals surface area contributed by atoms with Gasteiger partial charge in [0.1, 0.15) is 0 Å². The molecule has 2 N–H and O–H groups in total. The fourth-order valence-corrected chi connectivity index (χ4v) is 3.48. The van der Waals surface area contributed by atoms with Crippen molar-refractivity contribution in [3.05, 3.63) is 17.5 Å². The van der Waals surface area contributed by atoms with Crippen molar-refractivity contribution in [2.45, 2.75) is 75.1 Å². The van der Waals surface area contributed by atoms with Crippen LogP contribution in [0, 0.1) is 0 Å². The fraction of sp³-hybridized carbons (Fsp3) is 0.733. The number of nitrogens with two attached hydrogens (primary N) is 1. The first kappa shape index (κ1) is 16.3. The van der Waals surface area contributed by atoms with Crippen molar-refractivity contribution < 1.29 is 4.52 Å². The summed E-state index contributed by atoms with van der Waals surface area (Å²) in [5.74, 6) is 9.38. The standard InChI is InChI=1S/C15H24N6OS/c1-15(2,3)13-17-11(20-22-13)9-23-14-19-18-12(21(14)16)10-7-5-4-6-8-10/h10H,4-9,16H2,1-3H3. The molecular weight excluding hydrogens is 312 g/mol. The summed E-state index contributed by atoms with van der Waals surface area (Å²) in [4.78, 5) is 4.43. The maximum absolute atomic E-state index is 6.18. The third kappa shape index (κ3) is 3.68. The highest BCUT2D eigenvalue weighted by Gasteiger charge is 2.24. The molecule has 0 saturated heterocycles. The van der Waals surface area contributed by atoms with E-state index in [4.69, 9.17) is 10.4 Å². The molecule has 0 amide bonds. The largest absolute Gasteiger partial charge is 0.339 e. The third-order valence-corrected chi connectivity index (χ3v) is 5.04. The van der Waals surface area contributed by atoms with E-state index in [-0.39, 0.29) is 5.41 Å². The molecule has 0 radical (unpaired) electrons. The predicted octanol–water partition coefficient (Wildman–Crippen LogP) is 3.01. The number of rotatable bonds is 4. The zero-order valence-electron chi connectivity index (χ0n) is 13.9. The van der Waals surface area contributed by atoms with Gasteiger partial charge in [-0.1, -0.05) is 57.0 Å². The zero-order chi connectivity index (χ0) is 16.4. The Morgan fingerprint density at radius 2 is 1.96 bits per heavy atom. The quantitative estimate of drug-likeness (QED) is 0.677. The SMILES string of the molecule is CC(C)(C)c1nc(CSc2nnc(C3CCCCC3)n2N)no1. The molecule has 0 unspecified atom stereocenters. The van der Waals surface area contributed by atoms with Crippen molar-refractivity contribution in [1.29, 1.82) is 0 Å². The highest BCUT2D eigenvalue weighted by atomic mass is 32.2. The van der Waals surface area contributed by atoms with E-state index in [0.29, 0.717) is 28.5 Å². The molecule has 0 aliphatic heterocycles. The fourth-order valence-electron chi connectivity index (χ4n) is 2.77. The summed E-state index contributed by atoms with van der Waals surface area (Å²) in [5.41, 5.74) is -0.141. The van der Waals surface area contributed by atoms with Crippen LogP contribution in [0.1, 0.15) is 76.3 Å². The average Bonchev–Trinajstić information content (AvgIpc) is 3.13. The van der Waals surface area contributed by atoms with Gasteiger partial charge in [-0.25, -0.2) is 4.68 Å². The van der Waals surface area contributed by atoms with Crippen LogP contribution in [-0.2, 0) is 11.2 Å². The molecule has 2 aromatic heterocycles. The lowest BCUT2D eigenvalue weighted by Crippen LogP contribution is -2.18. The van der Waals surface area contributed by atoms with E-state index >= 15 is 0 Å². The van der Waals surface area contributed by atoms with Crippen LogP contribution < -0.4 is 5.84 Å². The molecule has 0 spiro atoms. The number of hydrogen-bond acceptors (Lipinski definition) is 7. The first-order chi connectivity index (χ1) is 10.9. The minimum absolute atomic E-state index is 0.141. The molecule has 3 rings (SSSR count). The van der Waals surface area contributed by atoms with Crippen molar-refractivity contribution in [2.75, 3.05) is 5.84 Å². The molecule has 0 aromatic carbocycles. The van der Waals surface area contributed by atoms with E-state index in [1.807, 2.05) is 20.8 Å². The normalized spacial score (nSPS) is 16.8. The van der Waals surface area contributed by atoms with Gasteiger partial charge in [0.15, 0.2) is 11.6 Å². The van der Waals surface area contributed by atoms with Crippen LogP contribution in [0.4, 0.5) is 0 Å². The van der Waals surface area contributed by atoms with Crippen molar-refractivity contribution in [2.24, 2.45) is 0 Å². The lowest BCUT2D eigenvalue weighted by molar-refractivity contribution is 0.319. The molecule has 2 aromatic rings. The second-order valence-corrected chi connectivity index (χ2v) is 8.04. The third-order valence-electron chi connectivity index (χ3n) is 4.10. The van der Waals surface area contributed by atoms with Crippen LogP contribution in [0.2, 0.25) is 0 Å². The lowest BCUT2D eigenvalue weighted by Gasteiger charge is -2.20. The van der Waals surface area contributed by atoms with Gasteiger partial charge in [0.05, 0.1) is 5.75 Å². The predicted molar refractivity (Wildman–Crippen MR) is 88.6 cm³/mol. The summed E-state index contributed by atoms with van der Waals surface area (Å²) in [7, 11) is 0. The second-order valence-electron chi connectivity index (χ2n) is 7.10. The Morgan fingerprint density at radius 3 is 2.61 bits per heavy atom. The summed E-state index contributed by atoms with van der Waals surface area (Å²) >= 11 is 1.49. The summed E-state index contributed by atoms with van der Waals surface area (Å²) in [6.07, 6.45) is 6.11. The van der Waals surface area contributed by atoms with E-state index in [9.17, 15) is 0 Å². The highest BCUT2D eigenvalue weighted by molar-refractivity contribution is 7.98. The first-order valence-electron chi connectivity index (χ1n) is 8.11. The van der Waals surface area contributed by atoms with E-state index in [0.717, 1.165) is 18.7 Å². The smallest absolute Gasteiger partial charge is 0.232 e. The Morgan fingerprint density at radius 1 is 1.22 bits per heavy atom. The Kier molecular flexibility index (Phi) is 4.61. The summed E-state index contributed by atoms with van der Waals surface area (Å²) in [5, 5.41) is 13.2. The summed E-state index contributed by atoms with van der Waals surface area (Å²) < 4.78 is 6.93. The van der Waals surface area contributed by atoms with E-state index in [2.05, 4.69) is 20.3 Å². The first-order valence-corrected chi connectivity index (χ1v) is 9.10. The molecule has 0 bridgehead atoms. The van der Waals surface area contributed by atoms with Gasteiger partial charge in [0.2, 0.25) is 11.0 Å². The number of nitrogens with zero attached hydrogens (tertiary/aromatic N) is 5. The van der Waals surface area contributed by atoms with Gasteiger partial charge in [-0.15, -0.1) is 10.2 Å². The van der Waals surface area contributed by atoms with Crippen LogP contribution in [0.15, 0.2) is 9.68 Å². The minimum atomic E-state index is -0.141. The van der Waals surface area contributed by atoms with Crippen LogP contribution in [0.3, 0.4) is 0 Å². The van der Waals surface area contributed by atoms with E-state index in [1.54, 1.807) is 4.68 Å². The van der Waals surface area contributed by atoms with Crippen molar-refractivity contribution in [1.82, 2.24) is 25.0 Å². The monoisotopic (exact) mass is 336 g/mol. The Hall–Kier alpha value is -1.57. The van der Waals surface area contributed by atoms with Gasteiger partial charge < -0.3 is 10.4 Å². The van der Waals surface area contributed by atoms with Crippen LogP contribution >= 0.6 is 11.8 Å². The van der Waals surface area contributed by atoms with Gasteiger partial charge in [-0.05, 0) is 12.8 Å². The van der Waals surface area contributed by atoms with Crippen molar-refractivity contribution >= 4 is 11.8 Å². The van der Waals surface area contributed by atoms with Crippen LogP contribution in [0.25, 0.3) is 0 Å². The molecule has 23 heavy (non-hydrogen) atoms. The highest BCUT2D eigenvalue weighted by Crippen LogP contribution is 2.32. The zero-order valence-corrected chi connectivity index (χ0v) is 14.8. The molecule has 8 heteroatoms. The molecule has 0 atom stereocenters. The van der Waals surface area contributed by atoms with Gasteiger partial charge in [0.25, 0.3) is 0 Å². The van der Waals surface area contributed by atoms with Gasteiger partial charge >= 0.3 is 0 Å². The van der Waals surface area contributed by atoms with Gasteiger partial charge in [0, 0.05) is 11.3 Å². The molecule has 1 saturated carbocycles. The number of nitrogen functional groups attached to an aromatic ring is 1. The average molecular weight is 336 g/mol. The molecular formula is C15H24N6OS. The van der Waals surface area contributed by atoms with Gasteiger partial charge in [-0.2, -0.15) is 4.98 Å². The maximum Gasteiger partial charge on any atom is 0.232 e. The lowest BCUT2D eigenvalue weighted by atomic mass is 9.89. The maximum atomic E-state index is 6.18. The van der Waals surface area contributed by atoms with E-state index < -0.39 is 0 Å². The van der Waals surface area contributed by atoms with Crippen LogP contribution in [0.5, 0.6) is 0 Å². The molecule has 1 fully saturated rings. The summed E-state index contributed by atoms with van der Waals surface area (Å²) in [6, 6.07) is 0. The Balaban J connectivity index is 1.64. The number of hydrogen-bond donors (Lipinski definition) is 1. The molecule has 126 valence electrons. The molecule has 7 nitrogen and oxygen atoms in total. The topological polar surface area (TPSA) is 95.7 Å². The van der Waals surface area contributed by atoms with Gasteiger partial charge in [-0.3, -0.25) is 0 Å². The van der Waals surface area contributed by atoms with Crippen molar-refractivity contribution in [3.63, 3.8) is 0 Å². The number of aromatic nitrogens is 5.